The fourth-order valence-corrected chi connectivity index (χ4v) is 2.55. The molecule has 1 fully saturated rings. The molecule has 104 valence electrons. The SMILES string of the molecule is CC1CCN(c2ccnc(C(=O)N(C)C)c2)C1CO. The second kappa shape index (κ2) is 5.57. The molecule has 1 saturated heterocycles. The van der Waals surface area contributed by atoms with Gasteiger partial charge in [-0.2, -0.15) is 0 Å². The Hall–Kier alpha value is -1.62. The molecular weight excluding hydrogens is 242 g/mol. The van der Waals surface area contributed by atoms with Crippen LogP contribution >= 0.6 is 0 Å². The number of carbonyl (C=O) groups excluding carboxylic acids is 1. The van der Waals surface area contributed by atoms with E-state index in [1.165, 1.54) is 4.90 Å². The number of pyridine rings is 1. The summed E-state index contributed by atoms with van der Waals surface area (Å²) in [5, 5.41) is 9.50. The number of aromatic nitrogens is 1. The van der Waals surface area contributed by atoms with Crippen molar-refractivity contribution < 1.29 is 9.90 Å². The molecule has 2 unspecified atom stereocenters. The van der Waals surface area contributed by atoms with E-state index in [0.29, 0.717) is 11.6 Å². The summed E-state index contributed by atoms with van der Waals surface area (Å²) in [7, 11) is 3.43. The molecule has 0 saturated carbocycles. The molecule has 0 spiro atoms. The summed E-state index contributed by atoms with van der Waals surface area (Å²) < 4.78 is 0. The lowest BCUT2D eigenvalue weighted by Gasteiger charge is -2.27. The molecule has 1 N–H and O–H groups in total. The Morgan fingerprint density at radius 1 is 1.58 bits per heavy atom. The minimum absolute atomic E-state index is 0.102. The third-order valence-corrected chi connectivity index (χ3v) is 3.77. The summed E-state index contributed by atoms with van der Waals surface area (Å²) in [4.78, 5) is 19.7. The van der Waals surface area contributed by atoms with Gasteiger partial charge in [0.25, 0.3) is 5.91 Å². The zero-order chi connectivity index (χ0) is 14.0. The van der Waals surface area contributed by atoms with Crippen LogP contribution in [0.4, 0.5) is 5.69 Å². The Morgan fingerprint density at radius 3 is 2.95 bits per heavy atom. The van der Waals surface area contributed by atoms with Crippen LogP contribution in [0.3, 0.4) is 0 Å². The molecule has 1 aliphatic rings. The van der Waals surface area contributed by atoms with E-state index in [1.54, 1.807) is 20.3 Å². The molecule has 2 atom stereocenters. The molecular formula is C14H21N3O2. The normalized spacial score (nSPS) is 22.6. The fourth-order valence-electron chi connectivity index (χ4n) is 2.55. The average Bonchev–Trinajstić information content (AvgIpc) is 2.79. The van der Waals surface area contributed by atoms with Gasteiger partial charge in [0.1, 0.15) is 5.69 Å². The van der Waals surface area contributed by atoms with Crippen molar-refractivity contribution in [2.24, 2.45) is 5.92 Å². The number of hydrogen-bond acceptors (Lipinski definition) is 4. The molecule has 0 radical (unpaired) electrons. The maximum atomic E-state index is 11.9. The Morgan fingerprint density at radius 2 is 2.32 bits per heavy atom. The number of amides is 1. The van der Waals surface area contributed by atoms with Crippen LogP contribution in [0.25, 0.3) is 0 Å². The summed E-state index contributed by atoms with van der Waals surface area (Å²) >= 11 is 0. The van der Waals surface area contributed by atoms with Gasteiger partial charge < -0.3 is 14.9 Å². The number of aliphatic hydroxyl groups is 1. The van der Waals surface area contributed by atoms with E-state index < -0.39 is 0 Å². The van der Waals surface area contributed by atoms with E-state index in [9.17, 15) is 9.90 Å². The first kappa shape index (κ1) is 13.8. The van der Waals surface area contributed by atoms with Gasteiger partial charge in [0, 0.05) is 32.5 Å². The van der Waals surface area contributed by atoms with E-state index in [1.807, 2.05) is 12.1 Å². The van der Waals surface area contributed by atoms with Crippen LogP contribution in [0.2, 0.25) is 0 Å². The molecule has 5 heteroatoms. The van der Waals surface area contributed by atoms with E-state index in [4.69, 9.17) is 0 Å². The second-order valence-electron chi connectivity index (χ2n) is 5.31. The van der Waals surface area contributed by atoms with Gasteiger partial charge in [0.2, 0.25) is 0 Å². The summed E-state index contributed by atoms with van der Waals surface area (Å²) in [6.07, 6.45) is 2.72. The Balaban J connectivity index is 2.26. The third-order valence-electron chi connectivity index (χ3n) is 3.77. The number of rotatable bonds is 3. The highest BCUT2D eigenvalue weighted by molar-refractivity contribution is 5.92. The first-order chi connectivity index (χ1) is 9.04. The highest BCUT2D eigenvalue weighted by Gasteiger charge is 2.31. The second-order valence-corrected chi connectivity index (χ2v) is 5.31. The Bertz CT molecular complexity index is 462. The predicted molar refractivity (Wildman–Crippen MR) is 74.3 cm³/mol. The van der Waals surface area contributed by atoms with Crippen molar-refractivity contribution in [3.63, 3.8) is 0 Å². The van der Waals surface area contributed by atoms with Crippen molar-refractivity contribution in [1.82, 2.24) is 9.88 Å². The Labute approximate surface area is 113 Å². The van der Waals surface area contributed by atoms with Crippen LogP contribution in [0.1, 0.15) is 23.8 Å². The molecule has 1 aromatic rings. The van der Waals surface area contributed by atoms with Crippen molar-refractivity contribution in [1.29, 1.82) is 0 Å². The van der Waals surface area contributed by atoms with Crippen molar-refractivity contribution in [2.75, 3.05) is 32.1 Å². The lowest BCUT2D eigenvalue weighted by atomic mass is 10.0. The topological polar surface area (TPSA) is 56.7 Å². The number of aliphatic hydroxyl groups excluding tert-OH is 1. The maximum absolute atomic E-state index is 11.9. The van der Waals surface area contributed by atoms with Crippen LogP contribution in [0.5, 0.6) is 0 Å². The molecule has 0 aliphatic carbocycles. The highest BCUT2D eigenvalue weighted by Crippen LogP contribution is 2.29. The minimum atomic E-state index is -0.102. The molecule has 1 aromatic heterocycles. The standard InChI is InChI=1S/C14H21N3O2/c1-10-5-7-17(13(10)9-18)11-4-6-15-12(8-11)14(19)16(2)3/h4,6,8,10,13,18H,5,7,9H2,1-3H3. The zero-order valence-corrected chi connectivity index (χ0v) is 11.7. The van der Waals surface area contributed by atoms with Crippen LogP contribution in [-0.4, -0.2) is 54.2 Å². The first-order valence-electron chi connectivity index (χ1n) is 6.59. The van der Waals surface area contributed by atoms with E-state index >= 15 is 0 Å². The smallest absolute Gasteiger partial charge is 0.272 e. The summed E-state index contributed by atoms with van der Waals surface area (Å²) in [5.74, 6) is 0.362. The molecule has 2 rings (SSSR count). The van der Waals surface area contributed by atoms with Gasteiger partial charge in [-0.1, -0.05) is 6.92 Å². The fraction of sp³-hybridized carbons (Fsp3) is 0.571. The van der Waals surface area contributed by atoms with Crippen molar-refractivity contribution in [3.8, 4) is 0 Å². The molecule has 19 heavy (non-hydrogen) atoms. The van der Waals surface area contributed by atoms with Gasteiger partial charge in [-0.15, -0.1) is 0 Å². The number of carbonyl (C=O) groups is 1. The quantitative estimate of drug-likeness (QED) is 0.883. The largest absolute Gasteiger partial charge is 0.394 e. The van der Waals surface area contributed by atoms with Crippen LogP contribution < -0.4 is 4.90 Å². The molecule has 0 bridgehead atoms. The monoisotopic (exact) mass is 263 g/mol. The number of nitrogens with zero attached hydrogens (tertiary/aromatic N) is 3. The lowest BCUT2D eigenvalue weighted by Crippen LogP contribution is -2.35. The van der Waals surface area contributed by atoms with E-state index in [2.05, 4.69) is 16.8 Å². The minimum Gasteiger partial charge on any atom is -0.394 e. The van der Waals surface area contributed by atoms with Crippen LogP contribution in [-0.2, 0) is 0 Å². The molecule has 1 aliphatic heterocycles. The Kier molecular flexibility index (Phi) is 4.04. The average molecular weight is 263 g/mol. The highest BCUT2D eigenvalue weighted by atomic mass is 16.3. The predicted octanol–water partition coefficient (Wildman–Crippen LogP) is 0.990. The van der Waals surface area contributed by atoms with Gasteiger partial charge in [0.05, 0.1) is 12.6 Å². The third kappa shape index (κ3) is 2.71. The number of anilines is 1. The summed E-state index contributed by atoms with van der Waals surface area (Å²) in [6.45, 7) is 3.19. The number of hydrogen-bond donors (Lipinski definition) is 1. The van der Waals surface area contributed by atoms with Crippen molar-refractivity contribution in [3.05, 3.63) is 24.0 Å². The zero-order valence-electron chi connectivity index (χ0n) is 11.7. The summed E-state index contributed by atoms with van der Waals surface area (Å²) in [6, 6.07) is 3.83. The van der Waals surface area contributed by atoms with Gasteiger partial charge in [-0.25, -0.2) is 0 Å². The van der Waals surface area contributed by atoms with Crippen molar-refractivity contribution >= 4 is 11.6 Å². The molecule has 0 aromatic carbocycles. The van der Waals surface area contributed by atoms with Gasteiger partial charge >= 0.3 is 0 Å². The van der Waals surface area contributed by atoms with E-state index in [0.717, 1.165) is 18.7 Å². The first-order valence-corrected chi connectivity index (χ1v) is 6.59. The van der Waals surface area contributed by atoms with Gasteiger partial charge in [0.15, 0.2) is 0 Å². The van der Waals surface area contributed by atoms with Gasteiger partial charge in [-0.3, -0.25) is 9.78 Å². The molecule has 1 amide bonds. The van der Waals surface area contributed by atoms with E-state index in [-0.39, 0.29) is 18.6 Å². The van der Waals surface area contributed by atoms with Crippen LogP contribution in [0.15, 0.2) is 18.3 Å². The van der Waals surface area contributed by atoms with Crippen molar-refractivity contribution in [2.45, 2.75) is 19.4 Å². The molecule has 5 nitrogen and oxygen atoms in total. The summed E-state index contributed by atoms with van der Waals surface area (Å²) in [5.41, 5.74) is 1.40. The lowest BCUT2D eigenvalue weighted by molar-refractivity contribution is 0.0822. The van der Waals surface area contributed by atoms with Crippen LogP contribution in [0, 0.1) is 5.92 Å². The van der Waals surface area contributed by atoms with Gasteiger partial charge in [-0.05, 0) is 24.5 Å². The molecule has 2 heterocycles. The maximum Gasteiger partial charge on any atom is 0.272 e.